The average Bonchev–Trinajstić information content (AvgIpc) is 3.14. The van der Waals surface area contributed by atoms with Crippen molar-refractivity contribution in [2.45, 2.75) is 66.5 Å². The van der Waals surface area contributed by atoms with Gasteiger partial charge >= 0.3 is 0 Å². The molecule has 1 aromatic heterocycles. The molecule has 1 unspecified atom stereocenters. The highest BCUT2D eigenvalue weighted by molar-refractivity contribution is 7.09. The number of hydrogen-bond acceptors (Lipinski definition) is 4. The topological polar surface area (TPSA) is 57.7 Å². The van der Waals surface area contributed by atoms with Crippen LogP contribution in [0.5, 0.6) is 0 Å². The molecule has 2 aromatic rings. The van der Waals surface area contributed by atoms with Crippen molar-refractivity contribution in [3.63, 3.8) is 0 Å². The van der Waals surface area contributed by atoms with Crippen LogP contribution in [0.25, 0.3) is 0 Å². The van der Waals surface area contributed by atoms with Gasteiger partial charge in [-0.25, -0.2) is 4.90 Å². The fourth-order valence-corrected chi connectivity index (χ4v) is 5.73. The zero-order valence-corrected chi connectivity index (χ0v) is 20.5. The first-order valence-corrected chi connectivity index (χ1v) is 12.1. The second kappa shape index (κ2) is 7.84. The fourth-order valence-electron chi connectivity index (χ4n) is 5.03. The third kappa shape index (κ3) is 3.58. The van der Waals surface area contributed by atoms with E-state index in [2.05, 4.69) is 41.5 Å². The van der Waals surface area contributed by atoms with Crippen molar-refractivity contribution in [1.29, 1.82) is 0 Å². The summed E-state index contributed by atoms with van der Waals surface area (Å²) < 4.78 is 0. The van der Waals surface area contributed by atoms with E-state index in [1.54, 1.807) is 16.2 Å². The molecule has 3 amide bonds. The Bertz CT molecular complexity index is 1020. The summed E-state index contributed by atoms with van der Waals surface area (Å²) in [5.41, 5.74) is 1.44. The number of hydrogen-bond donors (Lipinski definition) is 0. The molecule has 2 heterocycles. The molecule has 32 heavy (non-hydrogen) atoms. The fraction of sp³-hybridized carbons (Fsp3) is 0.500. The Balaban J connectivity index is 1.63. The summed E-state index contributed by atoms with van der Waals surface area (Å²) >= 11 is 1.56. The molecule has 0 radical (unpaired) electrons. The van der Waals surface area contributed by atoms with Gasteiger partial charge in [0.15, 0.2) is 0 Å². The number of thiophene rings is 1. The molecule has 170 valence electrons. The molecule has 1 aromatic carbocycles. The van der Waals surface area contributed by atoms with E-state index in [-0.39, 0.29) is 40.9 Å². The van der Waals surface area contributed by atoms with Crippen molar-refractivity contribution in [1.82, 2.24) is 4.90 Å². The van der Waals surface area contributed by atoms with Gasteiger partial charge in [0.25, 0.3) is 5.91 Å². The lowest BCUT2D eigenvalue weighted by Gasteiger charge is -2.28. The Morgan fingerprint density at radius 1 is 1.09 bits per heavy atom. The normalized spacial score (nSPS) is 22.0. The van der Waals surface area contributed by atoms with Crippen molar-refractivity contribution >= 4 is 34.7 Å². The van der Waals surface area contributed by atoms with Gasteiger partial charge in [0.1, 0.15) is 6.04 Å². The summed E-state index contributed by atoms with van der Waals surface area (Å²) in [7, 11) is 0. The number of carbonyl (C=O) groups excluding carboxylic acids is 3. The van der Waals surface area contributed by atoms with Gasteiger partial charge in [0.05, 0.1) is 18.7 Å². The SMILES string of the molecule is CC(C)c1ccc(N2C(=O)CC(N(Cc3cccs3)C(=O)C3C(C)(C)C3(C)C)C2=O)cc1. The number of benzene rings is 1. The van der Waals surface area contributed by atoms with Crippen LogP contribution >= 0.6 is 11.3 Å². The number of nitrogens with zero attached hydrogens (tertiary/aromatic N) is 2. The molecule has 6 heteroatoms. The van der Waals surface area contributed by atoms with Crippen LogP contribution in [0.2, 0.25) is 0 Å². The zero-order valence-electron chi connectivity index (χ0n) is 19.7. The van der Waals surface area contributed by atoms with Gasteiger partial charge in [0, 0.05) is 10.8 Å². The van der Waals surface area contributed by atoms with Gasteiger partial charge in [-0.1, -0.05) is 59.7 Å². The third-order valence-corrected chi connectivity index (χ3v) is 8.64. The lowest BCUT2D eigenvalue weighted by molar-refractivity contribution is -0.141. The van der Waals surface area contributed by atoms with E-state index in [1.165, 1.54) is 4.90 Å². The Morgan fingerprint density at radius 3 is 2.22 bits per heavy atom. The van der Waals surface area contributed by atoms with Crippen LogP contribution in [0, 0.1) is 16.7 Å². The molecule has 1 aliphatic carbocycles. The smallest absolute Gasteiger partial charge is 0.257 e. The summed E-state index contributed by atoms with van der Waals surface area (Å²) in [4.78, 5) is 44.1. The van der Waals surface area contributed by atoms with Crippen LogP contribution in [0.3, 0.4) is 0 Å². The van der Waals surface area contributed by atoms with E-state index in [4.69, 9.17) is 0 Å². The molecule has 0 spiro atoms. The summed E-state index contributed by atoms with van der Waals surface area (Å²) in [6, 6.07) is 10.7. The van der Waals surface area contributed by atoms with Crippen molar-refractivity contribution in [2.24, 2.45) is 16.7 Å². The molecular formula is C26H32N2O3S. The van der Waals surface area contributed by atoms with Crippen LogP contribution in [-0.2, 0) is 20.9 Å². The lowest BCUT2D eigenvalue weighted by Crippen LogP contribution is -2.46. The predicted octanol–water partition coefficient (Wildman–Crippen LogP) is 5.21. The summed E-state index contributed by atoms with van der Waals surface area (Å²) in [5, 5.41) is 1.97. The second-order valence-corrected chi connectivity index (χ2v) is 11.5. The highest BCUT2D eigenvalue weighted by atomic mass is 32.1. The highest BCUT2D eigenvalue weighted by Gasteiger charge is 2.69. The van der Waals surface area contributed by atoms with Crippen LogP contribution in [0.4, 0.5) is 5.69 Å². The maximum atomic E-state index is 13.7. The van der Waals surface area contributed by atoms with Crippen molar-refractivity contribution in [3.05, 3.63) is 52.2 Å². The van der Waals surface area contributed by atoms with Crippen molar-refractivity contribution in [3.8, 4) is 0 Å². The number of imide groups is 1. The van der Waals surface area contributed by atoms with Gasteiger partial charge in [-0.3, -0.25) is 14.4 Å². The first kappa shape index (κ1) is 22.7. The minimum Gasteiger partial charge on any atom is -0.325 e. The summed E-state index contributed by atoms with van der Waals surface area (Å²) in [5.74, 6) is -0.399. The standard InChI is InChI=1S/C26H32N2O3S/c1-16(2)17-9-11-18(12-10-17)28-21(29)14-20(23(28)30)27(15-19-8-7-13-32-19)24(31)22-25(3,4)26(22,5)6/h7-13,16,20,22H,14-15H2,1-6H3. The Kier molecular flexibility index (Phi) is 5.56. The largest absolute Gasteiger partial charge is 0.325 e. The van der Waals surface area contributed by atoms with Crippen LogP contribution in [0.15, 0.2) is 41.8 Å². The van der Waals surface area contributed by atoms with Gasteiger partial charge in [-0.15, -0.1) is 11.3 Å². The minimum absolute atomic E-state index is 0.0233. The molecule has 1 saturated heterocycles. The van der Waals surface area contributed by atoms with E-state index in [1.807, 2.05) is 41.8 Å². The predicted molar refractivity (Wildman–Crippen MR) is 127 cm³/mol. The molecule has 4 rings (SSSR count). The number of carbonyl (C=O) groups is 3. The van der Waals surface area contributed by atoms with Crippen molar-refractivity contribution in [2.75, 3.05) is 4.90 Å². The molecule has 1 atom stereocenters. The maximum absolute atomic E-state index is 13.7. The first-order valence-electron chi connectivity index (χ1n) is 11.3. The monoisotopic (exact) mass is 452 g/mol. The molecule has 2 fully saturated rings. The quantitative estimate of drug-likeness (QED) is 0.565. The molecule has 1 saturated carbocycles. The summed E-state index contributed by atoms with van der Waals surface area (Å²) in [6.45, 7) is 13.0. The molecule has 5 nitrogen and oxygen atoms in total. The van der Waals surface area contributed by atoms with Gasteiger partial charge < -0.3 is 4.90 Å². The molecule has 0 N–H and O–H groups in total. The van der Waals surface area contributed by atoms with Crippen LogP contribution in [0.1, 0.15) is 64.3 Å². The highest BCUT2D eigenvalue weighted by Crippen LogP contribution is 2.69. The Hall–Kier alpha value is -2.47. The van der Waals surface area contributed by atoms with Gasteiger partial charge in [0.2, 0.25) is 11.8 Å². The average molecular weight is 453 g/mol. The van der Waals surface area contributed by atoms with Crippen LogP contribution in [-0.4, -0.2) is 28.7 Å². The zero-order chi connectivity index (χ0) is 23.4. The number of amides is 3. The van der Waals surface area contributed by atoms with E-state index >= 15 is 0 Å². The van der Waals surface area contributed by atoms with Gasteiger partial charge in [-0.05, 0) is 45.9 Å². The van der Waals surface area contributed by atoms with E-state index in [0.717, 1.165) is 10.4 Å². The van der Waals surface area contributed by atoms with Gasteiger partial charge in [-0.2, -0.15) is 0 Å². The van der Waals surface area contributed by atoms with Crippen LogP contribution < -0.4 is 4.90 Å². The molecule has 0 bridgehead atoms. The van der Waals surface area contributed by atoms with E-state index in [9.17, 15) is 14.4 Å². The minimum atomic E-state index is -0.769. The molecule has 1 aliphatic heterocycles. The number of rotatable bonds is 6. The maximum Gasteiger partial charge on any atom is 0.257 e. The van der Waals surface area contributed by atoms with Crippen molar-refractivity contribution < 1.29 is 14.4 Å². The van der Waals surface area contributed by atoms with E-state index < -0.39 is 6.04 Å². The molecule has 2 aliphatic rings. The molecular weight excluding hydrogens is 420 g/mol. The Morgan fingerprint density at radius 2 is 1.72 bits per heavy atom. The third-order valence-electron chi connectivity index (χ3n) is 7.77. The summed E-state index contributed by atoms with van der Waals surface area (Å²) in [6.07, 6.45) is 0.0233. The Labute approximate surface area is 194 Å². The van der Waals surface area contributed by atoms with E-state index in [0.29, 0.717) is 18.2 Å². The second-order valence-electron chi connectivity index (χ2n) is 10.5. The lowest BCUT2D eigenvalue weighted by atomic mass is 10.0. The number of anilines is 1. The first-order chi connectivity index (χ1) is 15.0.